The van der Waals surface area contributed by atoms with Crippen LogP contribution in [0.25, 0.3) is 0 Å². The first-order chi connectivity index (χ1) is 12.6. The summed E-state index contributed by atoms with van der Waals surface area (Å²) in [6, 6.07) is 7.39. The predicted molar refractivity (Wildman–Crippen MR) is 100 cm³/mol. The van der Waals surface area contributed by atoms with Crippen molar-refractivity contribution in [3.63, 3.8) is 0 Å². The van der Waals surface area contributed by atoms with E-state index in [9.17, 15) is 9.59 Å². The first-order valence-corrected chi connectivity index (χ1v) is 9.54. The summed E-state index contributed by atoms with van der Waals surface area (Å²) in [6.07, 6.45) is 2.44. The molecule has 2 aliphatic heterocycles. The topological polar surface area (TPSA) is 53.1 Å². The second kappa shape index (κ2) is 8.73. The Bertz CT molecular complexity index is 631. The lowest BCUT2D eigenvalue weighted by atomic mass is 10.1. The SMILES string of the molecule is COC(=O)N1CCN(C(=O)Cc2ccc(Cl)cc2)C(CN2CCCC2)C1. The van der Waals surface area contributed by atoms with Gasteiger partial charge in [-0.1, -0.05) is 23.7 Å². The van der Waals surface area contributed by atoms with Crippen LogP contribution in [0.5, 0.6) is 0 Å². The van der Waals surface area contributed by atoms with Crippen molar-refractivity contribution in [3.05, 3.63) is 34.9 Å². The normalized spacial score (nSPS) is 21.1. The van der Waals surface area contributed by atoms with Gasteiger partial charge in [-0.15, -0.1) is 0 Å². The molecule has 2 saturated heterocycles. The van der Waals surface area contributed by atoms with E-state index in [1.807, 2.05) is 17.0 Å². The van der Waals surface area contributed by atoms with Crippen molar-refractivity contribution in [2.75, 3.05) is 46.4 Å². The highest BCUT2D eigenvalue weighted by Crippen LogP contribution is 2.18. The first-order valence-electron chi connectivity index (χ1n) is 9.16. The van der Waals surface area contributed by atoms with Gasteiger partial charge in [0, 0.05) is 31.2 Å². The number of likely N-dealkylation sites (tertiary alicyclic amines) is 1. The molecule has 142 valence electrons. The number of carbonyl (C=O) groups excluding carboxylic acids is 2. The number of halogens is 1. The molecule has 1 atom stereocenters. The van der Waals surface area contributed by atoms with E-state index in [1.54, 1.807) is 17.0 Å². The van der Waals surface area contributed by atoms with Gasteiger partial charge in [0.1, 0.15) is 0 Å². The number of ether oxygens (including phenoxy) is 1. The molecule has 2 amide bonds. The average Bonchev–Trinajstić information content (AvgIpc) is 3.16. The van der Waals surface area contributed by atoms with Crippen LogP contribution >= 0.6 is 11.6 Å². The zero-order valence-electron chi connectivity index (χ0n) is 15.2. The maximum atomic E-state index is 12.9. The summed E-state index contributed by atoms with van der Waals surface area (Å²) in [6.45, 7) is 4.51. The van der Waals surface area contributed by atoms with Crippen LogP contribution in [0.15, 0.2) is 24.3 Å². The lowest BCUT2D eigenvalue weighted by molar-refractivity contribution is -0.135. The molecule has 0 N–H and O–H groups in total. The molecule has 3 rings (SSSR count). The van der Waals surface area contributed by atoms with Crippen molar-refractivity contribution in [2.45, 2.75) is 25.3 Å². The highest BCUT2D eigenvalue weighted by atomic mass is 35.5. The van der Waals surface area contributed by atoms with Crippen molar-refractivity contribution in [1.82, 2.24) is 14.7 Å². The summed E-state index contributed by atoms with van der Waals surface area (Å²) in [4.78, 5) is 30.9. The highest BCUT2D eigenvalue weighted by Gasteiger charge is 2.34. The van der Waals surface area contributed by atoms with Crippen LogP contribution in [-0.2, 0) is 16.0 Å². The molecule has 1 unspecified atom stereocenters. The Morgan fingerprint density at radius 1 is 1.12 bits per heavy atom. The summed E-state index contributed by atoms with van der Waals surface area (Å²) >= 11 is 5.92. The van der Waals surface area contributed by atoms with Gasteiger partial charge in [-0.2, -0.15) is 0 Å². The summed E-state index contributed by atoms with van der Waals surface area (Å²) in [5.74, 6) is 0.0982. The van der Waals surface area contributed by atoms with Crippen LogP contribution in [-0.4, -0.2) is 79.1 Å². The molecule has 0 spiro atoms. The van der Waals surface area contributed by atoms with Crippen LogP contribution in [0.4, 0.5) is 4.79 Å². The molecule has 0 aromatic heterocycles. The molecule has 0 saturated carbocycles. The second-order valence-electron chi connectivity index (χ2n) is 6.97. The molecule has 7 heteroatoms. The van der Waals surface area contributed by atoms with Gasteiger partial charge < -0.3 is 19.4 Å². The van der Waals surface area contributed by atoms with E-state index in [-0.39, 0.29) is 18.0 Å². The molecule has 6 nitrogen and oxygen atoms in total. The van der Waals surface area contributed by atoms with Gasteiger partial charge in [-0.3, -0.25) is 4.79 Å². The van der Waals surface area contributed by atoms with Gasteiger partial charge >= 0.3 is 6.09 Å². The molecule has 0 bridgehead atoms. The van der Waals surface area contributed by atoms with E-state index in [4.69, 9.17) is 16.3 Å². The van der Waals surface area contributed by atoms with Crippen LogP contribution in [0, 0.1) is 0 Å². The summed E-state index contributed by atoms with van der Waals surface area (Å²) < 4.78 is 4.87. The van der Waals surface area contributed by atoms with E-state index in [0.717, 1.165) is 25.2 Å². The monoisotopic (exact) mass is 379 g/mol. The number of hydrogen-bond acceptors (Lipinski definition) is 4. The fourth-order valence-electron chi connectivity index (χ4n) is 3.78. The molecule has 26 heavy (non-hydrogen) atoms. The summed E-state index contributed by atoms with van der Waals surface area (Å²) in [5, 5.41) is 0.666. The molecule has 2 aliphatic rings. The van der Waals surface area contributed by atoms with Crippen LogP contribution < -0.4 is 0 Å². The summed E-state index contributed by atoms with van der Waals surface area (Å²) in [5.41, 5.74) is 0.953. The first kappa shape index (κ1) is 19.0. The van der Waals surface area contributed by atoms with Crippen molar-refractivity contribution in [1.29, 1.82) is 0 Å². The molecule has 1 aromatic carbocycles. The number of carbonyl (C=O) groups is 2. The minimum absolute atomic E-state index is 0.000695. The third-order valence-electron chi connectivity index (χ3n) is 5.17. The average molecular weight is 380 g/mol. The van der Waals surface area contributed by atoms with Crippen LogP contribution in [0.3, 0.4) is 0 Å². The van der Waals surface area contributed by atoms with E-state index < -0.39 is 0 Å². The maximum absolute atomic E-state index is 12.9. The zero-order chi connectivity index (χ0) is 18.5. The Hall–Kier alpha value is -1.79. The zero-order valence-corrected chi connectivity index (χ0v) is 16.0. The highest BCUT2D eigenvalue weighted by molar-refractivity contribution is 6.30. The number of rotatable bonds is 4. The minimum atomic E-state index is -0.318. The molecule has 0 aliphatic carbocycles. The number of benzene rings is 1. The molecule has 1 aromatic rings. The Morgan fingerprint density at radius 3 is 2.46 bits per heavy atom. The van der Waals surface area contributed by atoms with Gasteiger partial charge in [-0.25, -0.2) is 4.79 Å². The van der Waals surface area contributed by atoms with Crippen molar-refractivity contribution < 1.29 is 14.3 Å². The third-order valence-corrected chi connectivity index (χ3v) is 5.42. The molecule has 2 heterocycles. The number of piperazine rings is 1. The number of nitrogens with zero attached hydrogens (tertiary/aromatic N) is 3. The number of amides is 2. The van der Waals surface area contributed by atoms with Gasteiger partial charge in [-0.05, 0) is 43.6 Å². The summed E-state index contributed by atoms with van der Waals surface area (Å²) in [7, 11) is 1.40. The Labute approximate surface area is 159 Å². The maximum Gasteiger partial charge on any atom is 0.409 e. The largest absolute Gasteiger partial charge is 0.453 e. The second-order valence-corrected chi connectivity index (χ2v) is 7.40. The minimum Gasteiger partial charge on any atom is -0.453 e. The fraction of sp³-hybridized carbons (Fsp3) is 0.579. The smallest absolute Gasteiger partial charge is 0.409 e. The van der Waals surface area contributed by atoms with E-state index in [2.05, 4.69) is 4.90 Å². The van der Waals surface area contributed by atoms with Gasteiger partial charge in [0.05, 0.1) is 19.6 Å². The lowest BCUT2D eigenvalue weighted by Gasteiger charge is -2.42. The fourth-order valence-corrected chi connectivity index (χ4v) is 3.90. The van der Waals surface area contributed by atoms with E-state index in [1.165, 1.54) is 20.0 Å². The predicted octanol–water partition coefficient (Wildman–Crippen LogP) is 2.26. The third kappa shape index (κ3) is 4.68. The van der Waals surface area contributed by atoms with Crippen molar-refractivity contribution >= 4 is 23.6 Å². The Morgan fingerprint density at radius 2 is 1.81 bits per heavy atom. The molecular weight excluding hydrogens is 354 g/mol. The van der Waals surface area contributed by atoms with E-state index in [0.29, 0.717) is 31.1 Å². The number of hydrogen-bond donors (Lipinski definition) is 0. The molecule has 2 fully saturated rings. The molecular formula is C19H26ClN3O3. The Balaban J connectivity index is 1.68. The van der Waals surface area contributed by atoms with Crippen LogP contribution in [0.1, 0.15) is 18.4 Å². The van der Waals surface area contributed by atoms with Crippen LogP contribution in [0.2, 0.25) is 5.02 Å². The number of methoxy groups -OCH3 is 1. The van der Waals surface area contributed by atoms with Gasteiger partial charge in [0.15, 0.2) is 0 Å². The van der Waals surface area contributed by atoms with Crippen molar-refractivity contribution in [3.8, 4) is 0 Å². The standard InChI is InChI=1S/C19H26ClN3O3/c1-26-19(25)22-10-11-23(17(14-22)13-21-8-2-3-9-21)18(24)12-15-4-6-16(20)7-5-15/h4-7,17H,2-3,8-14H2,1H3. The van der Waals surface area contributed by atoms with Gasteiger partial charge in [0.2, 0.25) is 5.91 Å². The Kier molecular flexibility index (Phi) is 6.38. The quantitative estimate of drug-likeness (QED) is 0.805. The lowest BCUT2D eigenvalue weighted by Crippen LogP contribution is -2.59. The van der Waals surface area contributed by atoms with E-state index >= 15 is 0 Å². The van der Waals surface area contributed by atoms with Gasteiger partial charge in [0.25, 0.3) is 0 Å². The van der Waals surface area contributed by atoms with Crippen molar-refractivity contribution in [2.24, 2.45) is 0 Å². The molecule has 0 radical (unpaired) electrons.